The Morgan fingerprint density at radius 1 is 1.11 bits per heavy atom. The Kier molecular flexibility index (Phi) is 7.94. The van der Waals surface area contributed by atoms with Crippen molar-refractivity contribution >= 4 is 57.3 Å². The fraction of sp³-hybridized carbons (Fsp3) is 0.364. The van der Waals surface area contributed by atoms with Crippen LogP contribution in [0.3, 0.4) is 0 Å². The lowest BCUT2D eigenvalue weighted by Gasteiger charge is -2.22. The summed E-state index contributed by atoms with van der Waals surface area (Å²) in [6.45, 7) is 7.49. The lowest BCUT2D eigenvalue weighted by molar-refractivity contribution is -0.145. The molecule has 150 valence electrons. The van der Waals surface area contributed by atoms with Crippen molar-refractivity contribution in [2.24, 2.45) is 4.99 Å². The number of esters is 1. The maximum atomic E-state index is 12.3. The van der Waals surface area contributed by atoms with Gasteiger partial charge in [-0.25, -0.2) is 0 Å². The standard InChI is InChI=1S/C22H24Cl3NO2/c1-14(2)12-20(22(23,24)25)28-21(27)13-15(3)26-16(4)18-11-7-9-17-8-5-6-10-19(17)18/h5-12,16,20H,13H2,1-4H3/t16-,20+/m0/s1. The van der Waals surface area contributed by atoms with Crippen LogP contribution >= 0.6 is 34.8 Å². The molecule has 0 spiro atoms. The zero-order chi connectivity index (χ0) is 20.9. The largest absolute Gasteiger partial charge is 0.453 e. The lowest BCUT2D eigenvalue weighted by Crippen LogP contribution is -2.30. The number of carbonyl (C=O) groups is 1. The smallest absolute Gasteiger partial charge is 0.312 e. The molecule has 0 aromatic heterocycles. The normalized spacial score (nSPS) is 14.5. The van der Waals surface area contributed by atoms with E-state index in [1.165, 1.54) is 0 Å². The highest BCUT2D eigenvalue weighted by Crippen LogP contribution is 2.34. The second-order valence-corrected chi connectivity index (χ2v) is 9.35. The molecule has 0 heterocycles. The van der Waals surface area contributed by atoms with Gasteiger partial charge in [-0.15, -0.1) is 0 Å². The average molecular weight is 441 g/mol. The number of alkyl halides is 3. The molecule has 6 heteroatoms. The topological polar surface area (TPSA) is 38.7 Å². The predicted octanol–water partition coefficient (Wildman–Crippen LogP) is 7.00. The molecule has 0 saturated heterocycles. The van der Waals surface area contributed by atoms with Crippen molar-refractivity contribution in [3.05, 3.63) is 59.7 Å². The van der Waals surface area contributed by atoms with Crippen molar-refractivity contribution in [2.45, 2.75) is 50.1 Å². The zero-order valence-electron chi connectivity index (χ0n) is 16.4. The summed E-state index contributed by atoms with van der Waals surface area (Å²) in [6, 6.07) is 14.2. The molecule has 0 fully saturated rings. The number of fused-ring (bicyclic) bond motifs is 1. The van der Waals surface area contributed by atoms with E-state index >= 15 is 0 Å². The number of hydrogen-bond donors (Lipinski definition) is 0. The van der Waals surface area contributed by atoms with Gasteiger partial charge in [-0.1, -0.05) is 82.8 Å². The van der Waals surface area contributed by atoms with E-state index in [1.807, 2.05) is 39.0 Å². The minimum atomic E-state index is -1.73. The van der Waals surface area contributed by atoms with Crippen LogP contribution in [0.4, 0.5) is 0 Å². The van der Waals surface area contributed by atoms with Gasteiger partial charge in [0.05, 0.1) is 12.5 Å². The fourth-order valence-electron chi connectivity index (χ4n) is 2.95. The number of nitrogens with zero attached hydrogens (tertiary/aromatic N) is 1. The Labute approximate surface area is 181 Å². The molecular formula is C22H24Cl3NO2. The molecule has 0 aliphatic rings. The molecular weight excluding hydrogens is 417 g/mol. The highest BCUT2D eigenvalue weighted by atomic mass is 35.6. The molecule has 0 radical (unpaired) electrons. The summed E-state index contributed by atoms with van der Waals surface area (Å²) in [5.41, 5.74) is 2.65. The fourth-order valence-corrected chi connectivity index (χ4v) is 3.27. The van der Waals surface area contributed by atoms with Crippen molar-refractivity contribution in [2.75, 3.05) is 0 Å². The molecule has 2 aromatic rings. The molecule has 3 nitrogen and oxygen atoms in total. The first-order chi connectivity index (χ1) is 13.1. The number of carbonyl (C=O) groups excluding carboxylic acids is 1. The van der Waals surface area contributed by atoms with E-state index in [4.69, 9.17) is 39.5 Å². The minimum absolute atomic E-state index is 0.0307. The van der Waals surface area contributed by atoms with Gasteiger partial charge in [0.25, 0.3) is 0 Å². The molecule has 0 N–H and O–H groups in total. The Bertz CT molecular complexity index is 891. The lowest BCUT2D eigenvalue weighted by atomic mass is 10.00. The molecule has 0 amide bonds. The van der Waals surface area contributed by atoms with E-state index in [1.54, 1.807) is 13.0 Å². The SMILES string of the molecule is CC(C)=C[C@@H](OC(=O)CC(C)=N[C@@H](C)c1cccc2ccccc12)C(Cl)(Cl)Cl. The summed E-state index contributed by atoms with van der Waals surface area (Å²) in [4.78, 5) is 17.0. The van der Waals surface area contributed by atoms with Crippen LogP contribution in [0.15, 0.2) is 59.1 Å². The number of benzene rings is 2. The first-order valence-corrected chi connectivity index (χ1v) is 10.1. The Morgan fingerprint density at radius 3 is 2.39 bits per heavy atom. The molecule has 28 heavy (non-hydrogen) atoms. The maximum absolute atomic E-state index is 12.3. The van der Waals surface area contributed by atoms with Crippen molar-refractivity contribution in [3.63, 3.8) is 0 Å². The molecule has 2 aromatic carbocycles. The van der Waals surface area contributed by atoms with Crippen molar-refractivity contribution in [1.29, 1.82) is 0 Å². The average Bonchev–Trinajstić information content (AvgIpc) is 2.59. The summed E-state index contributed by atoms with van der Waals surface area (Å²) in [5.74, 6) is -0.486. The highest BCUT2D eigenvalue weighted by molar-refractivity contribution is 6.68. The van der Waals surface area contributed by atoms with Crippen LogP contribution in [-0.4, -0.2) is 21.6 Å². The van der Waals surface area contributed by atoms with Gasteiger partial charge in [0.15, 0.2) is 6.10 Å². The maximum Gasteiger partial charge on any atom is 0.312 e. The third-order valence-electron chi connectivity index (χ3n) is 4.15. The van der Waals surface area contributed by atoms with E-state index in [0.29, 0.717) is 5.71 Å². The number of allylic oxidation sites excluding steroid dienone is 1. The second-order valence-electron chi connectivity index (χ2n) is 6.98. The molecule has 0 bridgehead atoms. The van der Waals surface area contributed by atoms with E-state index in [-0.39, 0.29) is 12.5 Å². The number of halogens is 3. The number of aliphatic imine (C=N–C) groups is 1. The summed E-state index contributed by atoms with van der Waals surface area (Å²) in [7, 11) is 0. The van der Waals surface area contributed by atoms with Crippen LogP contribution in [0.2, 0.25) is 0 Å². The van der Waals surface area contributed by atoms with E-state index in [2.05, 4.69) is 29.3 Å². The van der Waals surface area contributed by atoms with Gasteiger partial charge < -0.3 is 4.74 Å². The summed E-state index contributed by atoms with van der Waals surface area (Å²) < 4.78 is 3.63. The molecule has 0 aliphatic carbocycles. The second kappa shape index (κ2) is 9.78. The van der Waals surface area contributed by atoms with E-state index in [9.17, 15) is 4.79 Å². The Morgan fingerprint density at radius 2 is 1.75 bits per heavy atom. The Balaban J connectivity index is 2.12. The predicted molar refractivity (Wildman–Crippen MR) is 120 cm³/mol. The summed E-state index contributed by atoms with van der Waals surface area (Å²) in [5, 5.41) is 2.31. The van der Waals surface area contributed by atoms with Gasteiger partial charge >= 0.3 is 5.97 Å². The quantitative estimate of drug-likeness (QED) is 0.210. The summed E-state index contributed by atoms with van der Waals surface area (Å²) >= 11 is 17.8. The van der Waals surface area contributed by atoms with Gasteiger partial charge in [-0.2, -0.15) is 0 Å². The third-order valence-corrected chi connectivity index (χ3v) is 4.80. The van der Waals surface area contributed by atoms with Crippen LogP contribution < -0.4 is 0 Å². The van der Waals surface area contributed by atoms with Gasteiger partial charge in [0, 0.05) is 5.71 Å². The number of hydrogen-bond acceptors (Lipinski definition) is 3. The van der Waals surface area contributed by atoms with Gasteiger partial charge in [-0.3, -0.25) is 9.79 Å². The molecule has 0 aliphatic heterocycles. The van der Waals surface area contributed by atoms with E-state index in [0.717, 1.165) is 21.9 Å². The first-order valence-electron chi connectivity index (χ1n) is 9.00. The van der Waals surface area contributed by atoms with Gasteiger partial charge in [-0.05, 0) is 50.1 Å². The molecule has 0 unspecified atom stereocenters. The molecule has 2 rings (SSSR count). The van der Waals surface area contributed by atoms with Gasteiger partial charge in [0.1, 0.15) is 0 Å². The van der Waals surface area contributed by atoms with Crippen LogP contribution in [0.1, 0.15) is 45.7 Å². The monoisotopic (exact) mass is 439 g/mol. The minimum Gasteiger partial charge on any atom is -0.453 e. The van der Waals surface area contributed by atoms with Crippen LogP contribution in [0.25, 0.3) is 10.8 Å². The van der Waals surface area contributed by atoms with Crippen molar-refractivity contribution < 1.29 is 9.53 Å². The Hall–Kier alpha value is -1.55. The first kappa shape index (κ1) is 22.7. The third kappa shape index (κ3) is 6.51. The number of ether oxygens (including phenoxy) is 1. The molecule has 0 saturated carbocycles. The zero-order valence-corrected chi connectivity index (χ0v) is 18.6. The number of rotatable bonds is 6. The van der Waals surface area contributed by atoms with Gasteiger partial charge in [0.2, 0.25) is 3.79 Å². The van der Waals surface area contributed by atoms with Crippen LogP contribution in [0, 0.1) is 0 Å². The molecule has 2 atom stereocenters. The van der Waals surface area contributed by atoms with Crippen molar-refractivity contribution in [1.82, 2.24) is 0 Å². The highest BCUT2D eigenvalue weighted by Gasteiger charge is 2.34. The van der Waals surface area contributed by atoms with Crippen LogP contribution in [-0.2, 0) is 9.53 Å². The summed E-state index contributed by atoms with van der Waals surface area (Å²) in [6.07, 6.45) is 0.706. The van der Waals surface area contributed by atoms with E-state index < -0.39 is 15.9 Å². The van der Waals surface area contributed by atoms with Crippen molar-refractivity contribution in [3.8, 4) is 0 Å². The van der Waals surface area contributed by atoms with Crippen LogP contribution in [0.5, 0.6) is 0 Å².